The number of rotatable bonds is 1. The molecule has 126 valence electrons. The van der Waals surface area contributed by atoms with Gasteiger partial charge in [-0.2, -0.15) is 0 Å². The van der Waals surface area contributed by atoms with Crippen LogP contribution in [0.15, 0.2) is 60.7 Å². The van der Waals surface area contributed by atoms with Gasteiger partial charge in [0.1, 0.15) is 0 Å². The van der Waals surface area contributed by atoms with Crippen LogP contribution in [-0.4, -0.2) is 18.0 Å². The van der Waals surface area contributed by atoms with E-state index in [1.165, 1.54) is 35.7 Å². The second kappa shape index (κ2) is 6.00. The molecule has 3 aromatic carbocycles. The summed E-state index contributed by atoms with van der Waals surface area (Å²) in [5, 5.41) is 2.85. The second-order valence-corrected chi connectivity index (χ2v) is 7.66. The van der Waals surface area contributed by atoms with Gasteiger partial charge in [0.05, 0.1) is 0 Å². The summed E-state index contributed by atoms with van der Waals surface area (Å²) in [6.07, 6.45) is 2.54. The van der Waals surface area contributed by atoms with Gasteiger partial charge in [-0.05, 0) is 58.3 Å². The van der Waals surface area contributed by atoms with Crippen molar-refractivity contribution in [3.05, 3.63) is 82.9 Å². The molecule has 0 bridgehead atoms. The van der Waals surface area contributed by atoms with E-state index < -0.39 is 0 Å². The maximum Gasteiger partial charge on any atom is 0.0236 e. The summed E-state index contributed by atoms with van der Waals surface area (Å²) in [6.45, 7) is 5.75. The first kappa shape index (κ1) is 15.2. The van der Waals surface area contributed by atoms with Crippen molar-refractivity contribution in [3.63, 3.8) is 0 Å². The van der Waals surface area contributed by atoms with Crippen molar-refractivity contribution in [1.82, 2.24) is 4.90 Å². The van der Waals surface area contributed by atoms with Crippen molar-refractivity contribution < 1.29 is 0 Å². The highest BCUT2D eigenvalue weighted by Crippen LogP contribution is 2.46. The van der Waals surface area contributed by atoms with Crippen LogP contribution in [0.25, 0.3) is 10.8 Å². The van der Waals surface area contributed by atoms with Gasteiger partial charge >= 0.3 is 0 Å². The molecule has 2 atom stereocenters. The van der Waals surface area contributed by atoms with Crippen LogP contribution < -0.4 is 0 Å². The van der Waals surface area contributed by atoms with E-state index in [0.29, 0.717) is 5.92 Å². The van der Waals surface area contributed by atoms with Crippen LogP contribution >= 0.6 is 0 Å². The fourth-order valence-electron chi connectivity index (χ4n) is 5.14. The zero-order chi connectivity index (χ0) is 16.8. The average molecular weight is 327 g/mol. The van der Waals surface area contributed by atoms with Crippen LogP contribution in [0.4, 0.5) is 0 Å². The highest BCUT2D eigenvalue weighted by molar-refractivity contribution is 5.88. The van der Waals surface area contributed by atoms with Crippen molar-refractivity contribution in [2.75, 3.05) is 13.1 Å². The van der Waals surface area contributed by atoms with Crippen molar-refractivity contribution in [3.8, 4) is 0 Å². The first-order chi connectivity index (χ1) is 12.3. The van der Waals surface area contributed by atoms with Gasteiger partial charge in [-0.3, -0.25) is 4.90 Å². The van der Waals surface area contributed by atoms with Crippen molar-refractivity contribution in [2.24, 2.45) is 5.92 Å². The van der Waals surface area contributed by atoms with Gasteiger partial charge in [0.25, 0.3) is 0 Å². The van der Waals surface area contributed by atoms with E-state index in [1.54, 1.807) is 16.7 Å². The summed E-state index contributed by atoms with van der Waals surface area (Å²) in [7, 11) is 0. The molecule has 25 heavy (non-hydrogen) atoms. The van der Waals surface area contributed by atoms with E-state index in [2.05, 4.69) is 72.5 Å². The number of hydrogen-bond donors (Lipinski definition) is 0. The van der Waals surface area contributed by atoms with Gasteiger partial charge in [0, 0.05) is 19.0 Å². The number of nitrogens with zero attached hydrogens (tertiary/aromatic N) is 1. The number of fused-ring (bicyclic) bond motifs is 7. The van der Waals surface area contributed by atoms with Crippen molar-refractivity contribution >= 4 is 10.8 Å². The average Bonchev–Trinajstić information content (AvgIpc) is 2.84. The summed E-state index contributed by atoms with van der Waals surface area (Å²) >= 11 is 0. The molecule has 0 aromatic heterocycles. The third kappa shape index (κ3) is 2.41. The Morgan fingerprint density at radius 3 is 2.68 bits per heavy atom. The van der Waals surface area contributed by atoms with Gasteiger partial charge in [-0.15, -0.1) is 0 Å². The molecule has 0 saturated carbocycles. The van der Waals surface area contributed by atoms with Crippen LogP contribution in [0, 0.1) is 5.92 Å². The third-order valence-electron chi connectivity index (χ3n) is 6.35. The summed E-state index contributed by atoms with van der Waals surface area (Å²) < 4.78 is 0. The Morgan fingerprint density at radius 1 is 0.920 bits per heavy atom. The van der Waals surface area contributed by atoms with Crippen LogP contribution in [0.2, 0.25) is 0 Å². The quantitative estimate of drug-likeness (QED) is 0.581. The summed E-state index contributed by atoms with van der Waals surface area (Å²) in [6, 6.07) is 22.8. The van der Waals surface area contributed by atoms with Gasteiger partial charge in [0.15, 0.2) is 0 Å². The fourth-order valence-corrected chi connectivity index (χ4v) is 5.14. The lowest BCUT2D eigenvalue weighted by atomic mass is 9.70. The van der Waals surface area contributed by atoms with Crippen LogP contribution in [0.3, 0.4) is 0 Å². The molecule has 1 aliphatic carbocycles. The minimum absolute atomic E-state index is 0.544. The molecule has 2 unspecified atom stereocenters. The predicted molar refractivity (Wildman–Crippen MR) is 105 cm³/mol. The Balaban J connectivity index is 1.81. The number of aryl methyl sites for hydroxylation is 1. The Hall–Kier alpha value is -2.12. The summed E-state index contributed by atoms with van der Waals surface area (Å²) in [4.78, 5) is 2.65. The van der Waals surface area contributed by atoms with Gasteiger partial charge in [-0.1, -0.05) is 67.6 Å². The molecule has 1 heterocycles. The Morgan fingerprint density at radius 2 is 1.76 bits per heavy atom. The highest BCUT2D eigenvalue weighted by Gasteiger charge is 2.36. The van der Waals surface area contributed by atoms with Crippen molar-refractivity contribution in [1.29, 1.82) is 0 Å². The maximum absolute atomic E-state index is 2.65. The number of hydrogen-bond acceptors (Lipinski definition) is 1. The van der Waals surface area contributed by atoms with E-state index >= 15 is 0 Å². The molecular formula is C24H25N. The van der Waals surface area contributed by atoms with Gasteiger partial charge in [-0.25, -0.2) is 0 Å². The highest BCUT2D eigenvalue weighted by atomic mass is 15.1. The maximum atomic E-state index is 2.65. The van der Waals surface area contributed by atoms with E-state index in [9.17, 15) is 0 Å². The third-order valence-corrected chi connectivity index (χ3v) is 6.35. The normalized spacial score (nSPS) is 22.8. The smallest absolute Gasteiger partial charge is 0.0236 e. The molecule has 0 N–H and O–H groups in total. The SMILES string of the molecule is CCN1Cc2ccc3ccccc3c2C2c3ccccc3CCC2C1. The first-order valence-electron chi connectivity index (χ1n) is 9.66. The molecule has 0 saturated heterocycles. The molecule has 0 fully saturated rings. The Kier molecular flexibility index (Phi) is 3.64. The minimum Gasteiger partial charge on any atom is -0.299 e. The van der Waals surface area contributed by atoms with E-state index in [1.807, 2.05) is 0 Å². The van der Waals surface area contributed by atoms with Gasteiger partial charge < -0.3 is 0 Å². The molecule has 1 nitrogen and oxygen atoms in total. The first-order valence-corrected chi connectivity index (χ1v) is 9.66. The largest absolute Gasteiger partial charge is 0.299 e. The lowest BCUT2D eigenvalue weighted by Gasteiger charge is -2.35. The molecule has 2 aliphatic rings. The molecular weight excluding hydrogens is 302 g/mol. The molecule has 0 amide bonds. The minimum atomic E-state index is 0.544. The van der Waals surface area contributed by atoms with Crippen LogP contribution in [-0.2, 0) is 13.0 Å². The monoisotopic (exact) mass is 327 g/mol. The van der Waals surface area contributed by atoms with Gasteiger partial charge in [0.2, 0.25) is 0 Å². The molecule has 1 aliphatic heterocycles. The zero-order valence-corrected chi connectivity index (χ0v) is 14.9. The Labute approximate surface area is 150 Å². The summed E-state index contributed by atoms with van der Waals surface area (Å²) in [5.74, 6) is 1.27. The molecule has 3 aromatic rings. The molecule has 5 rings (SSSR count). The lowest BCUT2D eigenvalue weighted by Crippen LogP contribution is -2.31. The number of benzene rings is 3. The van der Waals surface area contributed by atoms with Crippen LogP contribution in [0.1, 0.15) is 41.5 Å². The predicted octanol–water partition coefficient (Wildman–Crippen LogP) is 5.37. The van der Waals surface area contributed by atoms with E-state index in [4.69, 9.17) is 0 Å². The second-order valence-electron chi connectivity index (χ2n) is 7.66. The molecule has 0 radical (unpaired) electrons. The van der Waals surface area contributed by atoms with E-state index in [-0.39, 0.29) is 0 Å². The Bertz CT molecular complexity index is 926. The van der Waals surface area contributed by atoms with Crippen molar-refractivity contribution in [2.45, 2.75) is 32.2 Å². The fraction of sp³-hybridized carbons (Fsp3) is 0.333. The summed E-state index contributed by atoms with van der Waals surface area (Å²) in [5.41, 5.74) is 6.28. The topological polar surface area (TPSA) is 3.24 Å². The zero-order valence-electron chi connectivity index (χ0n) is 14.9. The molecule has 0 spiro atoms. The van der Waals surface area contributed by atoms with Crippen LogP contribution in [0.5, 0.6) is 0 Å². The lowest BCUT2D eigenvalue weighted by molar-refractivity contribution is 0.223. The molecule has 1 heteroatoms. The van der Waals surface area contributed by atoms with E-state index in [0.717, 1.165) is 19.0 Å². The standard InChI is InChI=1S/C24H25N/c1-2-25-15-19-13-11-17-7-3-5-9-21(17)23(19)24-20(16-25)14-12-18-8-4-6-10-22(18)24/h3-11,13,20,24H,2,12,14-16H2,1H3.